The number of primary amides is 1. The van der Waals surface area contributed by atoms with Gasteiger partial charge in [0.15, 0.2) is 0 Å². The summed E-state index contributed by atoms with van der Waals surface area (Å²) in [6.07, 6.45) is 1.70. The van der Waals surface area contributed by atoms with Gasteiger partial charge in [-0.2, -0.15) is 0 Å². The highest BCUT2D eigenvalue weighted by Gasteiger charge is 2.36. The van der Waals surface area contributed by atoms with Crippen molar-refractivity contribution in [1.82, 2.24) is 5.32 Å². The molecule has 3 rings (SSSR count). The lowest BCUT2D eigenvalue weighted by Gasteiger charge is -2.29. The lowest BCUT2D eigenvalue weighted by molar-refractivity contribution is -0.129. The molecule has 0 bridgehead atoms. The molecule has 5 nitrogen and oxygen atoms in total. The van der Waals surface area contributed by atoms with Crippen molar-refractivity contribution in [2.75, 3.05) is 6.61 Å². The van der Waals surface area contributed by atoms with E-state index in [0.29, 0.717) is 27.5 Å². The fraction of sp³-hybridized carbons (Fsp3) is 0.158. The maximum atomic E-state index is 12.7. The zero-order valence-electron chi connectivity index (χ0n) is 13.6. The largest absolute Gasteiger partial charge is 0.488 e. The second kappa shape index (κ2) is 6.61. The van der Waals surface area contributed by atoms with Crippen molar-refractivity contribution >= 4 is 29.5 Å². The Bertz CT molecular complexity index is 864. The summed E-state index contributed by atoms with van der Waals surface area (Å²) >= 11 is 5.99. The van der Waals surface area contributed by atoms with E-state index in [1.54, 1.807) is 55.5 Å². The van der Waals surface area contributed by atoms with Gasteiger partial charge in [-0.25, -0.2) is 0 Å². The van der Waals surface area contributed by atoms with Crippen molar-refractivity contribution in [1.29, 1.82) is 0 Å². The summed E-state index contributed by atoms with van der Waals surface area (Å²) in [6.45, 7) is 1.68. The molecule has 0 unspecified atom stereocenters. The van der Waals surface area contributed by atoms with Crippen molar-refractivity contribution in [2.24, 2.45) is 5.73 Å². The van der Waals surface area contributed by atoms with E-state index in [1.807, 2.05) is 6.07 Å². The molecular weight excluding hydrogens is 340 g/mol. The van der Waals surface area contributed by atoms with E-state index < -0.39 is 17.4 Å². The Morgan fingerprint density at radius 2 is 1.92 bits per heavy atom. The molecule has 2 amide bonds. The minimum Gasteiger partial charge on any atom is -0.488 e. The zero-order chi connectivity index (χ0) is 18.0. The predicted octanol–water partition coefficient (Wildman–Crippen LogP) is 2.63. The van der Waals surface area contributed by atoms with Crippen LogP contribution in [0.3, 0.4) is 0 Å². The molecule has 0 saturated carbocycles. The van der Waals surface area contributed by atoms with Gasteiger partial charge in [0.1, 0.15) is 17.9 Å². The van der Waals surface area contributed by atoms with Crippen LogP contribution >= 0.6 is 11.6 Å². The topological polar surface area (TPSA) is 81.4 Å². The Hall–Kier alpha value is -2.79. The number of hydrogen-bond acceptors (Lipinski definition) is 3. The van der Waals surface area contributed by atoms with Crippen molar-refractivity contribution in [2.45, 2.75) is 12.5 Å². The Kier molecular flexibility index (Phi) is 4.51. The van der Waals surface area contributed by atoms with Crippen LogP contribution in [-0.4, -0.2) is 18.4 Å². The first-order valence-electron chi connectivity index (χ1n) is 7.71. The molecule has 1 aliphatic heterocycles. The van der Waals surface area contributed by atoms with Crippen molar-refractivity contribution in [3.05, 3.63) is 70.3 Å². The van der Waals surface area contributed by atoms with E-state index >= 15 is 0 Å². The summed E-state index contributed by atoms with van der Waals surface area (Å²) in [5, 5.41) is 3.28. The molecule has 0 aromatic heterocycles. The van der Waals surface area contributed by atoms with Gasteiger partial charge < -0.3 is 15.8 Å². The first-order valence-corrected chi connectivity index (χ1v) is 8.09. The maximum Gasteiger partial charge on any atom is 0.251 e. The molecule has 0 spiro atoms. The molecule has 2 aromatic carbocycles. The minimum absolute atomic E-state index is 0.101. The lowest BCUT2D eigenvalue weighted by atomic mass is 9.90. The van der Waals surface area contributed by atoms with Gasteiger partial charge in [-0.15, -0.1) is 0 Å². The van der Waals surface area contributed by atoms with Gasteiger partial charge in [0.2, 0.25) is 5.91 Å². The summed E-state index contributed by atoms with van der Waals surface area (Å²) in [6, 6.07) is 14.1. The van der Waals surface area contributed by atoms with Crippen molar-refractivity contribution < 1.29 is 14.3 Å². The number of benzene rings is 2. The SMILES string of the molecule is C[C@@](NC(=O)C1=Cc2cc(Cl)ccc2OC1)(C(N)=O)c1ccccc1. The van der Waals surface area contributed by atoms with Crippen LogP contribution in [0.15, 0.2) is 54.1 Å². The van der Waals surface area contributed by atoms with Crippen LogP contribution in [0.1, 0.15) is 18.1 Å². The molecule has 2 aromatic rings. The zero-order valence-corrected chi connectivity index (χ0v) is 14.3. The average Bonchev–Trinajstić information content (AvgIpc) is 2.61. The molecular formula is C19H17ClN2O3. The van der Waals surface area contributed by atoms with Gasteiger partial charge in [0.25, 0.3) is 5.91 Å². The highest BCUT2D eigenvalue weighted by atomic mass is 35.5. The second-order valence-corrected chi connectivity index (χ2v) is 6.39. The quantitative estimate of drug-likeness (QED) is 0.883. The molecule has 0 fully saturated rings. The van der Waals surface area contributed by atoms with Crippen LogP contribution < -0.4 is 15.8 Å². The fourth-order valence-electron chi connectivity index (χ4n) is 2.63. The van der Waals surface area contributed by atoms with Crippen LogP contribution in [-0.2, 0) is 15.1 Å². The molecule has 1 aliphatic rings. The monoisotopic (exact) mass is 356 g/mol. The number of halogens is 1. The number of rotatable bonds is 4. The maximum absolute atomic E-state index is 12.7. The summed E-state index contributed by atoms with van der Waals surface area (Å²) < 4.78 is 5.59. The van der Waals surface area contributed by atoms with Crippen LogP contribution in [0.2, 0.25) is 5.02 Å². The van der Waals surface area contributed by atoms with E-state index in [9.17, 15) is 9.59 Å². The molecule has 25 heavy (non-hydrogen) atoms. The van der Waals surface area contributed by atoms with E-state index in [4.69, 9.17) is 22.1 Å². The van der Waals surface area contributed by atoms with Gasteiger partial charge >= 0.3 is 0 Å². The van der Waals surface area contributed by atoms with E-state index in [2.05, 4.69) is 5.32 Å². The second-order valence-electron chi connectivity index (χ2n) is 5.95. The van der Waals surface area contributed by atoms with E-state index in [1.165, 1.54) is 0 Å². The highest BCUT2D eigenvalue weighted by Crippen LogP contribution is 2.29. The van der Waals surface area contributed by atoms with Crippen molar-refractivity contribution in [3.8, 4) is 5.75 Å². The van der Waals surface area contributed by atoms with Gasteiger partial charge in [0.05, 0.1) is 5.57 Å². The number of amides is 2. The average molecular weight is 357 g/mol. The summed E-state index contributed by atoms with van der Waals surface area (Å²) in [4.78, 5) is 24.7. The highest BCUT2D eigenvalue weighted by molar-refractivity contribution is 6.30. The number of nitrogens with one attached hydrogen (secondary N) is 1. The standard InChI is InChI=1S/C19H17ClN2O3/c1-19(18(21)24,14-5-3-2-4-6-14)22-17(23)13-9-12-10-15(20)7-8-16(12)25-11-13/h2-10H,11H2,1H3,(H2,21,24)(H,22,23)/t19-/m0/s1. The third-order valence-electron chi connectivity index (χ3n) is 4.18. The van der Waals surface area contributed by atoms with Gasteiger partial charge in [-0.3, -0.25) is 9.59 Å². The number of fused-ring (bicyclic) bond motifs is 1. The van der Waals surface area contributed by atoms with Crippen molar-refractivity contribution in [3.63, 3.8) is 0 Å². The van der Waals surface area contributed by atoms with Crippen LogP contribution in [0.5, 0.6) is 5.75 Å². The molecule has 0 aliphatic carbocycles. The molecule has 1 atom stereocenters. The Morgan fingerprint density at radius 1 is 1.20 bits per heavy atom. The van der Waals surface area contributed by atoms with Gasteiger partial charge in [0, 0.05) is 10.6 Å². The molecule has 6 heteroatoms. The first-order chi connectivity index (χ1) is 11.9. The van der Waals surface area contributed by atoms with Crippen LogP contribution in [0.25, 0.3) is 6.08 Å². The predicted molar refractivity (Wildman–Crippen MR) is 96.1 cm³/mol. The van der Waals surface area contributed by atoms with Gasteiger partial charge in [-0.1, -0.05) is 41.9 Å². The number of hydrogen-bond donors (Lipinski definition) is 2. The number of ether oxygens (including phenoxy) is 1. The minimum atomic E-state index is -1.33. The molecule has 3 N–H and O–H groups in total. The summed E-state index contributed by atoms with van der Waals surface area (Å²) in [5.41, 5.74) is 5.94. The fourth-order valence-corrected chi connectivity index (χ4v) is 2.81. The molecule has 0 saturated heterocycles. The Labute approximate surface area is 150 Å². The number of carbonyl (C=O) groups excluding carboxylic acids is 2. The first kappa shape index (κ1) is 17.0. The third-order valence-corrected chi connectivity index (χ3v) is 4.42. The van der Waals surface area contributed by atoms with Crippen LogP contribution in [0.4, 0.5) is 0 Å². The number of nitrogens with two attached hydrogens (primary N) is 1. The third kappa shape index (κ3) is 3.37. The molecule has 1 heterocycles. The molecule has 128 valence electrons. The van der Waals surface area contributed by atoms with Crippen LogP contribution in [0, 0.1) is 0 Å². The smallest absolute Gasteiger partial charge is 0.251 e. The lowest BCUT2D eigenvalue weighted by Crippen LogP contribution is -2.53. The summed E-state index contributed by atoms with van der Waals surface area (Å²) in [7, 11) is 0. The van der Waals surface area contributed by atoms with E-state index in [-0.39, 0.29) is 6.61 Å². The van der Waals surface area contributed by atoms with E-state index in [0.717, 1.165) is 0 Å². The Balaban J connectivity index is 1.89. The van der Waals surface area contributed by atoms with Gasteiger partial charge in [-0.05, 0) is 36.8 Å². The normalized spacial score (nSPS) is 15.2. The number of carbonyl (C=O) groups is 2. The summed E-state index contributed by atoms with van der Waals surface area (Å²) in [5.74, 6) is -0.412. The molecule has 0 radical (unpaired) electrons. The Morgan fingerprint density at radius 3 is 2.60 bits per heavy atom.